The van der Waals surface area contributed by atoms with Crippen LogP contribution in [0.2, 0.25) is 0 Å². The monoisotopic (exact) mass is 384 g/mol. The van der Waals surface area contributed by atoms with Crippen molar-refractivity contribution in [2.75, 3.05) is 0 Å². The van der Waals surface area contributed by atoms with Crippen LogP contribution in [-0.2, 0) is 0 Å². The first-order valence-corrected chi connectivity index (χ1v) is 8.44. The molecule has 29 heavy (non-hydrogen) atoms. The maximum Gasteiger partial charge on any atom is 0.433 e. The highest BCUT2D eigenvalue weighted by atomic mass is 16.6. The van der Waals surface area contributed by atoms with Gasteiger partial charge in [-0.05, 0) is 54.6 Å². The van der Waals surface area contributed by atoms with E-state index < -0.39 is 4.92 Å². The largest absolute Gasteiger partial charge is 0.433 e. The highest BCUT2D eigenvalue weighted by molar-refractivity contribution is 5.76. The van der Waals surface area contributed by atoms with E-state index in [1.165, 1.54) is 28.9 Å². The lowest BCUT2D eigenvalue weighted by Gasteiger charge is -2.11. The van der Waals surface area contributed by atoms with Crippen molar-refractivity contribution in [3.8, 4) is 18.0 Å². The predicted molar refractivity (Wildman–Crippen MR) is 107 cm³/mol. The molecule has 8 heteroatoms. The number of nitrogens with zero attached hydrogens (tertiary/aromatic N) is 4. The molecule has 0 spiro atoms. The molecule has 3 aromatic heterocycles. The number of fused-ring (bicyclic) bond motifs is 1. The van der Waals surface area contributed by atoms with Crippen LogP contribution in [0.1, 0.15) is 17.1 Å². The first-order valence-electron chi connectivity index (χ1n) is 8.44. The summed E-state index contributed by atoms with van der Waals surface area (Å²) < 4.78 is 6.54. The molecule has 4 aromatic rings. The van der Waals surface area contributed by atoms with Gasteiger partial charge in [0.15, 0.2) is 5.65 Å². The van der Waals surface area contributed by atoms with E-state index in [4.69, 9.17) is 10.8 Å². The molecule has 0 radical (unpaired) electrons. The van der Waals surface area contributed by atoms with Crippen LogP contribution in [0.3, 0.4) is 0 Å². The summed E-state index contributed by atoms with van der Waals surface area (Å²) in [4.78, 5) is 31.9. The van der Waals surface area contributed by atoms with Gasteiger partial charge in [0.1, 0.15) is 16.5 Å². The zero-order valence-electron chi connectivity index (χ0n) is 14.9. The molecule has 0 saturated heterocycles. The summed E-state index contributed by atoms with van der Waals surface area (Å²) in [6, 6.07) is 12.9. The average Bonchev–Trinajstić information content (AvgIpc) is 3.22. The molecular formula is C21H12N4O4. The highest BCUT2D eigenvalue weighted by Gasteiger charge is 2.13. The molecule has 0 aliphatic carbocycles. The van der Waals surface area contributed by atoms with Crippen LogP contribution in [0.25, 0.3) is 28.9 Å². The molecule has 8 nitrogen and oxygen atoms in total. The Labute approximate surface area is 163 Å². The topological polar surface area (TPSA) is 104 Å². The van der Waals surface area contributed by atoms with Gasteiger partial charge in [-0.1, -0.05) is 5.92 Å². The molecule has 3 heterocycles. The maximum atomic E-state index is 13.1. The smallest absolute Gasteiger partial charge is 0.401 e. The summed E-state index contributed by atoms with van der Waals surface area (Å²) in [7, 11) is 0. The zero-order valence-corrected chi connectivity index (χ0v) is 14.9. The number of aromatic nitrogens is 3. The lowest BCUT2D eigenvalue weighted by Crippen LogP contribution is -2.22. The summed E-state index contributed by atoms with van der Waals surface area (Å²) in [6.45, 7) is 0. The quantitative estimate of drug-likeness (QED) is 0.303. The molecule has 140 valence electrons. The second-order valence-corrected chi connectivity index (χ2v) is 5.94. The summed E-state index contributed by atoms with van der Waals surface area (Å²) in [5, 5.41) is 11.1. The summed E-state index contributed by atoms with van der Waals surface area (Å²) in [5.74, 6) is 2.69. The van der Waals surface area contributed by atoms with Crippen molar-refractivity contribution < 1.29 is 9.34 Å². The fraction of sp³-hybridized carbons (Fsp3) is 0. The molecule has 0 N–H and O–H groups in total. The van der Waals surface area contributed by atoms with Crippen LogP contribution in [0, 0.1) is 22.5 Å². The molecule has 0 aliphatic rings. The van der Waals surface area contributed by atoms with E-state index in [-0.39, 0.29) is 23.0 Å². The Bertz CT molecular complexity index is 1360. The fourth-order valence-corrected chi connectivity index (χ4v) is 2.79. The molecule has 0 bridgehead atoms. The summed E-state index contributed by atoms with van der Waals surface area (Å²) >= 11 is 0. The molecule has 0 fully saturated rings. The number of hydrogen-bond acceptors (Lipinski definition) is 6. The van der Waals surface area contributed by atoms with Crippen LogP contribution < -0.4 is 5.56 Å². The molecular weight excluding hydrogens is 372 g/mol. The first-order chi connectivity index (χ1) is 14.1. The molecule has 0 atom stereocenters. The van der Waals surface area contributed by atoms with Gasteiger partial charge in [-0.15, -0.1) is 6.42 Å². The van der Waals surface area contributed by atoms with Crippen molar-refractivity contribution in [3.05, 3.63) is 92.3 Å². The van der Waals surface area contributed by atoms with Gasteiger partial charge in [0.2, 0.25) is 0 Å². The molecule has 0 amide bonds. The fourth-order valence-electron chi connectivity index (χ4n) is 2.79. The average molecular weight is 384 g/mol. The maximum absolute atomic E-state index is 13.1. The SMILES string of the molecule is C#Cc1ccc(-n2c(/C=C/c3ccc([N+](=O)[O-])o3)nc3ncccc3c2=O)cc1. The Morgan fingerprint density at radius 3 is 2.62 bits per heavy atom. The Kier molecular flexibility index (Phi) is 4.47. The van der Waals surface area contributed by atoms with Crippen LogP contribution in [0.15, 0.2) is 63.9 Å². The minimum atomic E-state index is -0.626. The van der Waals surface area contributed by atoms with E-state index >= 15 is 0 Å². The number of pyridine rings is 1. The Hall–Kier alpha value is -4.51. The number of furan rings is 1. The third kappa shape index (κ3) is 3.40. The van der Waals surface area contributed by atoms with Gasteiger partial charge in [0.25, 0.3) is 5.56 Å². The van der Waals surface area contributed by atoms with Crippen LogP contribution >= 0.6 is 0 Å². The van der Waals surface area contributed by atoms with Crippen LogP contribution in [0.5, 0.6) is 0 Å². The van der Waals surface area contributed by atoms with Gasteiger partial charge in [-0.3, -0.25) is 19.5 Å². The van der Waals surface area contributed by atoms with E-state index in [0.29, 0.717) is 22.3 Å². The summed E-state index contributed by atoms with van der Waals surface area (Å²) in [5.41, 5.74) is 1.23. The van der Waals surface area contributed by atoms with Gasteiger partial charge in [-0.25, -0.2) is 9.97 Å². The molecule has 0 unspecified atom stereocenters. The Morgan fingerprint density at radius 1 is 1.14 bits per heavy atom. The van der Waals surface area contributed by atoms with Crippen molar-refractivity contribution in [1.29, 1.82) is 0 Å². The normalized spacial score (nSPS) is 11.0. The number of rotatable bonds is 4. The Morgan fingerprint density at radius 2 is 1.93 bits per heavy atom. The molecule has 1 aromatic carbocycles. The van der Waals surface area contributed by atoms with E-state index in [0.717, 1.165) is 0 Å². The number of benzene rings is 1. The minimum absolute atomic E-state index is 0.251. The molecule has 4 rings (SSSR count). The number of hydrogen-bond donors (Lipinski definition) is 0. The number of terminal acetylenes is 1. The van der Waals surface area contributed by atoms with E-state index in [9.17, 15) is 14.9 Å². The van der Waals surface area contributed by atoms with Crippen LogP contribution in [0.4, 0.5) is 5.88 Å². The van der Waals surface area contributed by atoms with E-state index in [1.807, 2.05) is 0 Å². The van der Waals surface area contributed by atoms with Crippen molar-refractivity contribution in [3.63, 3.8) is 0 Å². The lowest BCUT2D eigenvalue weighted by atomic mass is 10.2. The highest BCUT2D eigenvalue weighted by Crippen LogP contribution is 2.19. The van der Waals surface area contributed by atoms with Gasteiger partial charge < -0.3 is 4.42 Å². The van der Waals surface area contributed by atoms with E-state index in [2.05, 4.69) is 15.9 Å². The van der Waals surface area contributed by atoms with Crippen molar-refractivity contribution >= 4 is 29.1 Å². The Balaban J connectivity index is 1.88. The van der Waals surface area contributed by atoms with Crippen molar-refractivity contribution in [2.45, 2.75) is 0 Å². The zero-order chi connectivity index (χ0) is 20.4. The van der Waals surface area contributed by atoms with Gasteiger partial charge in [0, 0.05) is 11.8 Å². The second kappa shape index (κ2) is 7.25. The first kappa shape index (κ1) is 17.9. The minimum Gasteiger partial charge on any atom is -0.401 e. The standard InChI is InChI=1S/C21H12N4O4/c1-2-14-5-7-15(8-6-14)24-18(11-9-16-10-12-19(29-16)25(27)28)23-20-17(21(24)26)4-3-13-22-20/h1,3-13H/b11-9+. The molecule has 0 aliphatic heterocycles. The molecule has 0 saturated carbocycles. The third-order valence-corrected chi connectivity index (χ3v) is 4.15. The second-order valence-electron chi connectivity index (χ2n) is 5.94. The lowest BCUT2D eigenvalue weighted by molar-refractivity contribution is -0.402. The number of nitro groups is 1. The predicted octanol–water partition coefficient (Wildman–Crippen LogP) is 3.43. The van der Waals surface area contributed by atoms with E-state index in [1.54, 1.807) is 42.6 Å². The van der Waals surface area contributed by atoms with Crippen molar-refractivity contribution in [1.82, 2.24) is 14.5 Å². The van der Waals surface area contributed by atoms with Gasteiger partial charge in [0.05, 0.1) is 17.1 Å². The summed E-state index contributed by atoms with van der Waals surface area (Å²) in [6.07, 6.45) is 9.98. The van der Waals surface area contributed by atoms with Crippen LogP contribution in [-0.4, -0.2) is 19.5 Å². The van der Waals surface area contributed by atoms with Gasteiger partial charge in [-0.2, -0.15) is 0 Å². The van der Waals surface area contributed by atoms with Crippen molar-refractivity contribution in [2.24, 2.45) is 0 Å². The third-order valence-electron chi connectivity index (χ3n) is 4.15. The van der Waals surface area contributed by atoms with Gasteiger partial charge >= 0.3 is 5.88 Å².